The molecule has 1 rings (SSSR count). The number of hydrogen-bond donors (Lipinski definition) is 1. The van der Waals surface area contributed by atoms with Crippen molar-refractivity contribution < 1.29 is 8.42 Å². The summed E-state index contributed by atoms with van der Waals surface area (Å²) in [6, 6.07) is 6.66. The molecule has 4 nitrogen and oxygen atoms in total. The first-order valence-corrected chi connectivity index (χ1v) is 14.9. The van der Waals surface area contributed by atoms with Crippen LogP contribution < -0.4 is 4.83 Å². The van der Waals surface area contributed by atoms with E-state index in [1.54, 1.807) is 31.2 Å². The van der Waals surface area contributed by atoms with Gasteiger partial charge in [-0.3, -0.25) is 0 Å². The van der Waals surface area contributed by atoms with Crippen molar-refractivity contribution in [1.82, 2.24) is 4.83 Å². The summed E-state index contributed by atoms with van der Waals surface area (Å²) in [6.07, 6.45) is 0. The summed E-state index contributed by atoms with van der Waals surface area (Å²) in [5, 5.41) is 7.40. The van der Waals surface area contributed by atoms with Gasteiger partial charge in [-0.05, 0) is 0 Å². The Morgan fingerprint density at radius 1 is 1.13 bits per heavy atom. The number of aryl methyl sites for hydroxylation is 1. The second kappa shape index (κ2) is 8.55. The molecule has 0 saturated carbocycles. The molecule has 6 heteroatoms. The molecule has 0 aromatic heterocycles. The van der Waals surface area contributed by atoms with E-state index in [9.17, 15) is 8.42 Å². The van der Waals surface area contributed by atoms with Crippen LogP contribution in [0.3, 0.4) is 0 Å². The minimum absolute atomic E-state index is 0.204. The summed E-state index contributed by atoms with van der Waals surface area (Å²) in [6.45, 7) is 10.3. The van der Waals surface area contributed by atoms with Gasteiger partial charge in [-0.15, -0.1) is 0 Å². The van der Waals surface area contributed by atoms with Crippen LogP contribution in [-0.4, -0.2) is 27.4 Å². The van der Waals surface area contributed by atoms with Gasteiger partial charge in [0.2, 0.25) is 0 Å². The average molecular weight is 395 g/mol. The van der Waals surface area contributed by atoms with Crippen molar-refractivity contribution in [2.24, 2.45) is 5.10 Å². The SMILES string of the molecule is C[CH2][Ge]([C]#C/C(C)=N\NS(=O)(=O)c1ccc(C)cc1)([CH2]C)[CH2]C. The summed E-state index contributed by atoms with van der Waals surface area (Å²) in [5.41, 5.74) is 1.52. The number of nitrogens with one attached hydrogen (secondary N) is 1. The third kappa shape index (κ3) is 5.70. The zero-order valence-corrected chi connectivity index (χ0v) is 17.5. The molecule has 0 fully saturated rings. The number of rotatable bonds is 6. The van der Waals surface area contributed by atoms with Gasteiger partial charge in [0.25, 0.3) is 0 Å². The van der Waals surface area contributed by atoms with E-state index in [-0.39, 0.29) is 4.90 Å². The van der Waals surface area contributed by atoms with Crippen LogP contribution in [0, 0.1) is 17.6 Å². The molecule has 1 aromatic carbocycles. The van der Waals surface area contributed by atoms with E-state index < -0.39 is 23.3 Å². The summed E-state index contributed by atoms with van der Waals surface area (Å²) >= 11 is -2.08. The molecule has 126 valence electrons. The first-order chi connectivity index (χ1) is 10.8. The third-order valence-electron chi connectivity index (χ3n) is 4.20. The molecule has 0 bridgehead atoms. The Kier molecular flexibility index (Phi) is 7.36. The van der Waals surface area contributed by atoms with Crippen LogP contribution in [0.2, 0.25) is 15.8 Å². The molecule has 0 radical (unpaired) electrons. The fourth-order valence-corrected chi connectivity index (χ4v) is 8.22. The predicted molar refractivity (Wildman–Crippen MR) is 99.6 cm³/mol. The molecule has 0 saturated heterocycles. The van der Waals surface area contributed by atoms with E-state index in [1.807, 2.05) is 6.92 Å². The topological polar surface area (TPSA) is 58.5 Å². The maximum atomic E-state index is 12.2. The molecule has 0 heterocycles. The first kappa shape index (κ1) is 19.8. The Morgan fingerprint density at radius 2 is 1.65 bits per heavy atom. The summed E-state index contributed by atoms with van der Waals surface area (Å²) in [5.74, 6) is 3.07. The van der Waals surface area contributed by atoms with E-state index in [4.69, 9.17) is 0 Å². The second-order valence-corrected chi connectivity index (χ2v) is 17.7. The molecule has 0 spiro atoms. The Bertz CT molecular complexity index is 701. The molecule has 1 aromatic rings. The Hall–Kier alpha value is -1.26. The van der Waals surface area contributed by atoms with Crippen molar-refractivity contribution in [1.29, 1.82) is 0 Å². The predicted octanol–water partition coefficient (Wildman–Crippen LogP) is 3.70. The van der Waals surface area contributed by atoms with Crippen molar-refractivity contribution in [3.8, 4) is 10.7 Å². The number of sulfonamides is 1. The van der Waals surface area contributed by atoms with Gasteiger partial charge in [0.1, 0.15) is 0 Å². The Labute approximate surface area is 143 Å². The fourth-order valence-electron chi connectivity index (χ4n) is 2.16. The minimum atomic E-state index is -3.63. The molecule has 0 aliphatic rings. The molecular weight excluding hydrogens is 369 g/mol. The molecule has 0 aliphatic carbocycles. The average Bonchev–Trinajstić information content (AvgIpc) is 2.55. The van der Waals surface area contributed by atoms with Crippen molar-refractivity contribution in [3.63, 3.8) is 0 Å². The van der Waals surface area contributed by atoms with Gasteiger partial charge >= 0.3 is 143 Å². The van der Waals surface area contributed by atoms with E-state index in [0.717, 1.165) is 21.3 Å². The van der Waals surface area contributed by atoms with Crippen LogP contribution in [0.5, 0.6) is 0 Å². The zero-order valence-electron chi connectivity index (χ0n) is 14.6. The number of hydrazone groups is 1. The van der Waals surface area contributed by atoms with Gasteiger partial charge in [0.05, 0.1) is 0 Å². The van der Waals surface area contributed by atoms with Crippen LogP contribution in [0.15, 0.2) is 34.3 Å². The van der Waals surface area contributed by atoms with Crippen molar-refractivity contribution in [2.45, 2.75) is 55.3 Å². The Morgan fingerprint density at radius 3 is 2.13 bits per heavy atom. The van der Waals surface area contributed by atoms with Crippen molar-refractivity contribution in [2.75, 3.05) is 0 Å². The van der Waals surface area contributed by atoms with Crippen LogP contribution in [0.4, 0.5) is 0 Å². The van der Waals surface area contributed by atoms with Gasteiger partial charge in [0, 0.05) is 0 Å². The molecule has 23 heavy (non-hydrogen) atoms. The monoisotopic (exact) mass is 396 g/mol. The summed E-state index contributed by atoms with van der Waals surface area (Å²) in [7, 11) is -3.63. The van der Waals surface area contributed by atoms with Gasteiger partial charge in [0.15, 0.2) is 0 Å². The number of hydrogen-bond acceptors (Lipinski definition) is 3. The molecular formula is C17H26GeN2O2S. The molecule has 0 amide bonds. The van der Waals surface area contributed by atoms with E-state index in [1.165, 1.54) is 0 Å². The zero-order chi connectivity index (χ0) is 17.5. The van der Waals surface area contributed by atoms with E-state index >= 15 is 0 Å². The van der Waals surface area contributed by atoms with Gasteiger partial charge in [-0.25, -0.2) is 0 Å². The van der Waals surface area contributed by atoms with Crippen molar-refractivity contribution in [3.05, 3.63) is 29.8 Å². The summed E-state index contributed by atoms with van der Waals surface area (Å²) in [4.78, 5) is 2.47. The standard InChI is InChI=1S/C17H26GeN2O2S/c1-6-18(7-2,8-3)14-13-16(5)19-20-23(21,22)17-11-9-15(4)10-12-17/h9-12,20H,6-8H2,1-5H3/b19-16-. The number of nitrogens with zero attached hydrogens (tertiary/aromatic N) is 1. The first-order valence-electron chi connectivity index (χ1n) is 7.94. The van der Waals surface area contributed by atoms with Crippen LogP contribution in [0.25, 0.3) is 0 Å². The van der Waals surface area contributed by atoms with Crippen LogP contribution in [0.1, 0.15) is 33.3 Å². The molecule has 0 atom stereocenters. The maximum absolute atomic E-state index is 12.2. The molecule has 0 unspecified atom stereocenters. The van der Waals surface area contributed by atoms with Crippen LogP contribution >= 0.6 is 0 Å². The number of benzene rings is 1. The Balaban J connectivity index is 2.90. The van der Waals surface area contributed by atoms with E-state index in [2.05, 4.69) is 41.4 Å². The van der Waals surface area contributed by atoms with Crippen LogP contribution in [-0.2, 0) is 10.0 Å². The van der Waals surface area contributed by atoms with Crippen molar-refractivity contribution >= 4 is 29.0 Å². The van der Waals surface area contributed by atoms with Gasteiger partial charge in [-0.1, -0.05) is 0 Å². The normalized spacial score (nSPS) is 12.5. The molecule has 0 aliphatic heterocycles. The van der Waals surface area contributed by atoms with Gasteiger partial charge < -0.3 is 0 Å². The third-order valence-corrected chi connectivity index (χ3v) is 15.3. The quantitative estimate of drug-likeness (QED) is 0.346. The summed E-state index contributed by atoms with van der Waals surface area (Å²) < 4.78 is 27.8. The fraction of sp³-hybridized carbons (Fsp3) is 0.471. The van der Waals surface area contributed by atoms with Gasteiger partial charge in [-0.2, -0.15) is 0 Å². The van der Waals surface area contributed by atoms with E-state index in [0.29, 0.717) is 5.71 Å². The molecule has 1 N–H and O–H groups in total. The second-order valence-electron chi connectivity index (χ2n) is 5.70.